The Hall–Kier alpha value is -1.64. The Labute approximate surface area is 101 Å². The Balaban J connectivity index is 2.03. The van der Waals surface area contributed by atoms with Gasteiger partial charge in [-0.25, -0.2) is 4.79 Å². The summed E-state index contributed by atoms with van der Waals surface area (Å²) in [4.78, 5) is 23.1. The lowest BCUT2D eigenvalue weighted by molar-refractivity contribution is -0.120. The highest BCUT2D eigenvalue weighted by Gasteiger charge is 2.28. The average Bonchev–Trinajstić information content (AvgIpc) is 3.19. The Kier molecular flexibility index (Phi) is 3.57. The van der Waals surface area contributed by atoms with Crippen molar-refractivity contribution in [3.8, 4) is 0 Å². The van der Waals surface area contributed by atoms with Gasteiger partial charge in [0.25, 0.3) is 0 Å². The first-order valence-electron chi connectivity index (χ1n) is 5.91. The van der Waals surface area contributed by atoms with Crippen LogP contribution in [0.25, 0.3) is 0 Å². The lowest BCUT2D eigenvalue weighted by Gasteiger charge is -2.06. The van der Waals surface area contributed by atoms with E-state index < -0.39 is 0 Å². The van der Waals surface area contributed by atoms with Crippen molar-refractivity contribution >= 4 is 11.8 Å². The van der Waals surface area contributed by atoms with Gasteiger partial charge in [0.2, 0.25) is 0 Å². The lowest BCUT2D eigenvalue weighted by atomic mass is 10.0. The summed E-state index contributed by atoms with van der Waals surface area (Å²) in [5.74, 6) is 0.282. The molecule has 1 saturated carbocycles. The molecule has 1 aliphatic carbocycles. The van der Waals surface area contributed by atoms with E-state index in [1.807, 2.05) is 12.1 Å². The van der Waals surface area contributed by atoms with Crippen LogP contribution in [-0.2, 0) is 16.0 Å². The molecule has 3 nitrogen and oxygen atoms in total. The van der Waals surface area contributed by atoms with Crippen LogP contribution in [0.4, 0.5) is 0 Å². The number of esters is 1. The number of carbonyl (C=O) groups is 2. The van der Waals surface area contributed by atoms with Crippen molar-refractivity contribution in [1.29, 1.82) is 0 Å². The topological polar surface area (TPSA) is 43.4 Å². The molecule has 0 unspecified atom stereocenters. The molecule has 17 heavy (non-hydrogen) atoms. The standard InChI is InChI=1S/C14H16O3/c1-17-14(16)12-5-3-2-4-10(12)8-9-13(15)11-6-7-11/h2-5,11H,6-9H2,1H3. The molecule has 1 aliphatic rings. The molecule has 0 N–H and O–H groups in total. The quantitative estimate of drug-likeness (QED) is 0.732. The molecule has 0 bridgehead atoms. The van der Waals surface area contributed by atoms with Gasteiger partial charge in [-0.15, -0.1) is 0 Å². The summed E-state index contributed by atoms with van der Waals surface area (Å²) in [6.45, 7) is 0. The van der Waals surface area contributed by atoms with Crippen LogP contribution >= 0.6 is 0 Å². The highest BCUT2D eigenvalue weighted by molar-refractivity contribution is 5.91. The van der Waals surface area contributed by atoms with Gasteiger partial charge < -0.3 is 4.74 Å². The lowest BCUT2D eigenvalue weighted by Crippen LogP contribution is -2.08. The maximum absolute atomic E-state index is 11.6. The van der Waals surface area contributed by atoms with Gasteiger partial charge in [-0.05, 0) is 30.9 Å². The molecule has 0 saturated heterocycles. The minimum atomic E-state index is -0.334. The summed E-state index contributed by atoms with van der Waals surface area (Å²) in [6.07, 6.45) is 3.23. The van der Waals surface area contributed by atoms with E-state index in [-0.39, 0.29) is 5.97 Å². The van der Waals surface area contributed by atoms with Crippen molar-refractivity contribution in [3.63, 3.8) is 0 Å². The van der Waals surface area contributed by atoms with Gasteiger partial charge in [0, 0.05) is 12.3 Å². The molecule has 0 spiro atoms. The van der Waals surface area contributed by atoms with E-state index in [0.717, 1.165) is 18.4 Å². The van der Waals surface area contributed by atoms with Gasteiger partial charge in [-0.2, -0.15) is 0 Å². The van der Waals surface area contributed by atoms with Crippen LogP contribution in [0.15, 0.2) is 24.3 Å². The number of ether oxygens (including phenoxy) is 1. The summed E-state index contributed by atoms with van der Waals surface area (Å²) in [5, 5.41) is 0. The molecule has 0 atom stereocenters. The number of ketones is 1. The van der Waals surface area contributed by atoms with Gasteiger partial charge >= 0.3 is 5.97 Å². The van der Waals surface area contributed by atoms with E-state index in [9.17, 15) is 9.59 Å². The fourth-order valence-electron chi connectivity index (χ4n) is 1.91. The van der Waals surface area contributed by atoms with E-state index in [1.165, 1.54) is 7.11 Å². The zero-order chi connectivity index (χ0) is 12.3. The van der Waals surface area contributed by atoms with E-state index in [0.29, 0.717) is 30.1 Å². The van der Waals surface area contributed by atoms with Crippen molar-refractivity contribution in [1.82, 2.24) is 0 Å². The van der Waals surface area contributed by atoms with E-state index in [2.05, 4.69) is 0 Å². The number of aryl methyl sites for hydroxylation is 1. The predicted octanol–water partition coefficient (Wildman–Crippen LogP) is 2.38. The summed E-state index contributed by atoms with van der Waals surface area (Å²) in [6, 6.07) is 7.30. The first-order chi connectivity index (χ1) is 8.22. The second-order valence-corrected chi connectivity index (χ2v) is 4.39. The highest BCUT2D eigenvalue weighted by atomic mass is 16.5. The highest BCUT2D eigenvalue weighted by Crippen LogP contribution is 2.31. The summed E-state index contributed by atoms with van der Waals surface area (Å²) < 4.78 is 4.72. The molecule has 0 radical (unpaired) electrons. The van der Waals surface area contributed by atoms with Crippen molar-refractivity contribution in [3.05, 3.63) is 35.4 Å². The monoisotopic (exact) mass is 232 g/mol. The molecule has 1 aromatic rings. The van der Waals surface area contributed by atoms with Gasteiger partial charge in [-0.1, -0.05) is 18.2 Å². The van der Waals surface area contributed by atoms with E-state index in [4.69, 9.17) is 4.74 Å². The number of hydrogen-bond acceptors (Lipinski definition) is 3. The van der Waals surface area contributed by atoms with Gasteiger partial charge in [0.05, 0.1) is 12.7 Å². The van der Waals surface area contributed by atoms with E-state index in [1.54, 1.807) is 12.1 Å². The van der Waals surface area contributed by atoms with Gasteiger partial charge in [0.15, 0.2) is 0 Å². The number of methoxy groups -OCH3 is 1. The molecule has 1 fully saturated rings. The Bertz CT molecular complexity index is 433. The fraction of sp³-hybridized carbons (Fsp3) is 0.429. The zero-order valence-electron chi connectivity index (χ0n) is 9.94. The Morgan fingerprint density at radius 1 is 1.29 bits per heavy atom. The predicted molar refractivity (Wildman–Crippen MR) is 63.8 cm³/mol. The SMILES string of the molecule is COC(=O)c1ccccc1CCC(=O)C1CC1. The van der Waals surface area contributed by atoms with Crippen LogP contribution < -0.4 is 0 Å². The fourth-order valence-corrected chi connectivity index (χ4v) is 1.91. The van der Waals surface area contributed by atoms with Crippen molar-refractivity contribution in [2.45, 2.75) is 25.7 Å². The van der Waals surface area contributed by atoms with Crippen LogP contribution in [0.5, 0.6) is 0 Å². The number of Topliss-reactive ketones (excluding diaryl/α,β-unsaturated/α-hetero) is 1. The maximum Gasteiger partial charge on any atom is 0.338 e. The minimum absolute atomic E-state index is 0.292. The molecule has 0 heterocycles. The van der Waals surface area contributed by atoms with Crippen molar-refractivity contribution in [2.75, 3.05) is 7.11 Å². The molecular weight excluding hydrogens is 216 g/mol. The molecule has 0 aliphatic heterocycles. The van der Waals surface area contributed by atoms with Crippen LogP contribution in [-0.4, -0.2) is 18.9 Å². The first-order valence-corrected chi connectivity index (χ1v) is 5.91. The Morgan fingerprint density at radius 2 is 2.00 bits per heavy atom. The second-order valence-electron chi connectivity index (χ2n) is 4.39. The number of carbonyl (C=O) groups excluding carboxylic acids is 2. The molecule has 0 aromatic heterocycles. The first kappa shape index (κ1) is 11.8. The van der Waals surface area contributed by atoms with Gasteiger partial charge in [0.1, 0.15) is 5.78 Å². The third-order valence-corrected chi connectivity index (χ3v) is 3.10. The maximum atomic E-state index is 11.6. The molecule has 1 aromatic carbocycles. The van der Waals surface area contributed by atoms with Crippen molar-refractivity contribution in [2.24, 2.45) is 5.92 Å². The van der Waals surface area contributed by atoms with E-state index >= 15 is 0 Å². The largest absolute Gasteiger partial charge is 0.465 e. The third-order valence-electron chi connectivity index (χ3n) is 3.10. The molecular formula is C14H16O3. The molecule has 2 rings (SSSR count). The Morgan fingerprint density at radius 3 is 2.65 bits per heavy atom. The normalized spacial score (nSPS) is 14.4. The minimum Gasteiger partial charge on any atom is -0.465 e. The third kappa shape index (κ3) is 2.93. The van der Waals surface area contributed by atoms with Crippen LogP contribution in [0, 0.1) is 5.92 Å². The van der Waals surface area contributed by atoms with Gasteiger partial charge in [-0.3, -0.25) is 4.79 Å². The van der Waals surface area contributed by atoms with Crippen LogP contribution in [0.3, 0.4) is 0 Å². The number of hydrogen-bond donors (Lipinski definition) is 0. The van der Waals surface area contributed by atoms with Crippen LogP contribution in [0.2, 0.25) is 0 Å². The summed E-state index contributed by atoms with van der Waals surface area (Å²) in [5.41, 5.74) is 1.46. The molecule has 3 heteroatoms. The van der Waals surface area contributed by atoms with Crippen molar-refractivity contribution < 1.29 is 14.3 Å². The molecule has 90 valence electrons. The average molecular weight is 232 g/mol. The second kappa shape index (κ2) is 5.13. The summed E-state index contributed by atoms with van der Waals surface area (Å²) in [7, 11) is 1.37. The number of rotatable bonds is 5. The molecule has 0 amide bonds. The summed E-state index contributed by atoms with van der Waals surface area (Å²) >= 11 is 0. The number of benzene rings is 1. The zero-order valence-corrected chi connectivity index (χ0v) is 9.94. The van der Waals surface area contributed by atoms with Crippen LogP contribution in [0.1, 0.15) is 35.2 Å². The smallest absolute Gasteiger partial charge is 0.338 e.